The van der Waals surface area contributed by atoms with E-state index in [-0.39, 0.29) is 5.92 Å². The Kier molecular flexibility index (Phi) is 8.13. The number of nitriles is 1. The predicted molar refractivity (Wildman–Crippen MR) is 121 cm³/mol. The standard InChI is InChI=1S/C22H22Cl2N6/c23-17-8-9-18(20(24)13-17)19(21-26-11-12-27-21)14-29-22(30-15-25)28-10-4-7-16-5-2-1-3-6-16/h1-3,5-6,8-9,11-13,19H,4,7,10,14H2,(H,26,27)(H2,28,29,30). The molecule has 1 unspecified atom stereocenters. The summed E-state index contributed by atoms with van der Waals surface area (Å²) >= 11 is 12.5. The van der Waals surface area contributed by atoms with Crippen LogP contribution >= 0.6 is 23.2 Å². The van der Waals surface area contributed by atoms with Crippen LogP contribution in [0.25, 0.3) is 0 Å². The Balaban J connectivity index is 1.66. The molecule has 3 N–H and O–H groups in total. The summed E-state index contributed by atoms with van der Waals surface area (Å²) in [6.07, 6.45) is 7.20. The van der Waals surface area contributed by atoms with Gasteiger partial charge in [-0.3, -0.25) is 10.3 Å². The van der Waals surface area contributed by atoms with E-state index in [1.165, 1.54) is 5.56 Å². The highest BCUT2D eigenvalue weighted by Crippen LogP contribution is 2.30. The maximum Gasteiger partial charge on any atom is 0.204 e. The van der Waals surface area contributed by atoms with Gasteiger partial charge in [-0.1, -0.05) is 59.6 Å². The monoisotopic (exact) mass is 440 g/mol. The van der Waals surface area contributed by atoms with Crippen molar-refractivity contribution in [3.05, 3.63) is 87.9 Å². The molecular formula is C22H22Cl2N6. The Hall–Kier alpha value is -3.01. The molecule has 30 heavy (non-hydrogen) atoms. The molecule has 6 nitrogen and oxygen atoms in total. The van der Waals surface area contributed by atoms with E-state index in [0.29, 0.717) is 29.1 Å². The fourth-order valence-electron chi connectivity index (χ4n) is 3.12. The minimum Gasteiger partial charge on any atom is -0.354 e. The second-order valence-corrected chi connectivity index (χ2v) is 7.47. The minimum atomic E-state index is -0.167. The molecule has 8 heteroatoms. The number of aryl methyl sites for hydroxylation is 1. The zero-order valence-electron chi connectivity index (χ0n) is 16.3. The van der Waals surface area contributed by atoms with Gasteiger partial charge in [-0.05, 0) is 36.1 Å². The van der Waals surface area contributed by atoms with Crippen molar-refractivity contribution in [2.75, 3.05) is 13.1 Å². The second kappa shape index (κ2) is 11.2. The van der Waals surface area contributed by atoms with Gasteiger partial charge in [0.15, 0.2) is 6.19 Å². The summed E-state index contributed by atoms with van der Waals surface area (Å²) < 4.78 is 0. The van der Waals surface area contributed by atoms with Gasteiger partial charge in [-0.2, -0.15) is 5.26 Å². The first kappa shape index (κ1) is 21.7. The molecule has 0 radical (unpaired) electrons. The first-order valence-corrected chi connectivity index (χ1v) is 10.3. The quantitative estimate of drug-likeness (QED) is 0.158. The van der Waals surface area contributed by atoms with E-state index in [2.05, 4.69) is 37.7 Å². The molecule has 1 atom stereocenters. The second-order valence-electron chi connectivity index (χ2n) is 6.63. The summed E-state index contributed by atoms with van der Waals surface area (Å²) in [5.74, 6) is 1.01. The molecule has 0 saturated carbocycles. The molecule has 0 spiro atoms. The van der Waals surface area contributed by atoms with Crippen molar-refractivity contribution in [2.45, 2.75) is 18.8 Å². The normalized spacial score (nSPS) is 12.2. The highest BCUT2D eigenvalue weighted by atomic mass is 35.5. The summed E-state index contributed by atoms with van der Waals surface area (Å²) in [7, 11) is 0. The molecule has 0 aliphatic carbocycles. The van der Waals surface area contributed by atoms with E-state index >= 15 is 0 Å². The zero-order valence-corrected chi connectivity index (χ0v) is 17.8. The van der Waals surface area contributed by atoms with Crippen LogP contribution in [0.1, 0.15) is 29.3 Å². The molecule has 2 aromatic carbocycles. The van der Waals surface area contributed by atoms with Crippen molar-refractivity contribution < 1.29 is 0 Å². The number of aromatic amines is 1. The summed E-state index contributed by atoms with van der Waals surface area (Å²) in [5, 5.41) is 16.0. The number of hydrogen-bond acceptors (Lipinski definition) is 3. The third-order valence-corrected chi connectivity index (χ3v) is 5.13. The zero-order chi connectivity index (χ0) is 21.2. The van der Waals surface area contributed by atoms with E-state index in [4.69, 9.17) is 28.5 Å². The third kappa shape index (κ3) is 6.24. The fraction of sp³-hybridized carbons (Fsp3) is 0.227. The highest BCUT2D eigenvalue weighted by Gasteiger charge is 2.20. The molecule has 3 aromatic rings. The largest absolute Gasteiger partial charge is 0.354 e. The SMILES string of the molecule is N#CNC(=NCCCc1ccccc1)NCC(c1ncc[nH]1)c1ccc(Cl)cc1Cl. The fourth-order valence-corrected chi connectivity index (χ4v) is 3.66. The lowest BCUT2D eigenvalue weighted by Gasteiger charge is -2.18. The van der Waals surface area contributed by atoms with Gasteiger partial charge < -0.3 is 10.3 Å². The number of aromatic nitrogens is 2. The Morgan fingerprint density at radius 2 is 2.03 bits per heavy atom. The van der Waals surface area contributed by atoms with Crippen LogP contribution in [0, 0.1) is 11.5 Å². The lowest BCUT2D eigenvalue weighted by Crippen LogP contribution is -2.37. The van der Waals surface area contributed by atoms with Gasteiger partial charge >= 0.3 is 0 Å². The number of H-pyrrole nitrogens is 1. The molecule has 3 rings (SSSR count). The van der Waals surface area contributed by atoms with Gasteiger partial charge in [-0.25, -0.2) is 4.98 Å². The molecule has 154 valence electrons. The summed E-state index contributed by atoms with van der Waals surface area (Å²) in [6.45, 7) is 1.04. The maximum atomic E-state index is 9.08. The molecule has 1 aromatic heterocycles. The lowest BCUT2D eigenvalue weighted by atomic mass is 9.98. The molecular weight excluding hydrogens is 419 g/mol. The molecule has 0 fully saturated rings. The number of guanidine groups is 1. The number of benzene rings is 2. The topological polar surface area (TPSA) is 88.9 Å². The summed E-state index contributed by atoms with van der Waals surface area (Å²) in [4.78, 5) is 12.0. The van der Waals surface area contributed by atoms with Gasteiger partial charge in [0.1, 0.15) is 5.82 Å². The molecule has 0 amide bonds. The predicted octanol–water partition coefficient (Wildman–Crippen LogP) is 4.50. The molecule has 1 heterocycles. The number of halogens is 2. The minimum absolute atomic E-state index is 0.167. The average Bonchev–Trinajstić information content (AvgIpc) is 3.28. The number of nitrogens with one attached hydrogen (secondary N) is 3. The summed E-state index contributed by atoms with van der Waals surface area (Å²) in [6, 6.07) is 15.6. The third-order valence-electron chi connectivity index (χ3n) is 4.57. The number of rotatable bonds is 8. The van der Waals surface area contributed by atoms with Gasteiger partial charge in [0.05, 0.1) is 5.92 Å². The van der Waals surface area contributed by atoms with Crippen molar-refractivity contribution in [1.29, 1.82) is 5.26 Å². The lowest BCUT2D eigenvalue weighted by molar-refractivity contribution is 0.705. The van der Waals surface area contributed by atoms with Crippen LogP contribution in [0.15, 0.2) is 65.9 Å². The van der Waals surface area contributed by atoms with Crippen molar-refractivity contribution in [1.82, 2.24) is 20.6 Å². The number of hydrogen-bond donors (Lipinski definition) is 3. The number of imidazole rings is 1. The van der Waals surface area contributed by atoms with Gasteiger partial charge in [0.2, 0.25) is 5.96 Å². The Morgan fingerprint density at radius 1 is 1.20 bits per heavy atom. The van der Waals surface area contributed by atoms with Crippen LogP contribution in [0.4, 0.5) is 0 Å². The smallest absolute Gasteiger partial charge is 0.204 e. The van der Waals surface area contributed by atoms with Crippen LogP contribution in [0.2, 0.25) is 10.0 Å². The van der Waals surface area contributed by atoms with Crippen LogP contribution in [-0.2, 0) is 6.42 Å². The van der Waals surface area contributed by atoms with Crippen LogP contribution in [0.3, 0.4) is 0 Å². The molecule has 0 aliphatic rings. The van der Waals surface area contributed by atoms with Gasteiger partial charge in [0.25, 0.3) is 0 Å². The van der Waals surface area contributed by atoms with Crippen LogP contribution in [-0.4, -0.2) is 29.0 Å². The molecule has 0 aliphatic heterocycles. The average molecular weight is 441 g/mol. The van der Waals surface area contributed by atoms with E-state index in [0.717, 1.165) is 24.2 Å². The van der Waals surface area contributed by atoms with Crippen molar-refractivity contribution in [3.63, 3.8) is 0 Å². The van der Waals surface area contributed by atoms with E-state index < -0.39 is 0 Å². The Labute approximate surface area is 186 Å². The highest BCUT2D eigenvalue weighted by molar-refractivity contribution is 6.35. The summed E-state index contributed by atoms with van der Waals surface area (Å²) in [5.41, 5.74) is 2.15. The van der Waals surface area contributed by atoms with E-state index in [1.54, 1.807) is 24.5 Å². The van der Waals surface area contributed by atoms with Crippen LogP contribution < -0.4 is 10.6 Å². The first-order chi connectivity index (χ1) is 14.7. The van der Waals surface area contributed by atoms with Gasteiger partial charge in [-0.15, -0.1) is 0 Å². The Morgan fingerprint density at radius 3 is 2.73 bits per heavy atom. The number of nitrogens with zero attached hydrogens (tertiary/aromatic N) is 3. The van der Waals surface area contributed by atoms with Crippen LogP contribution in [0.5, 0.6) is 0 Å². The maximum absolute atomic E-state index is 9.08. The molecule has 0 saturated heterocycles. The number of aliphatic imine (C=N–C) groups is 1. The van der Waals surface area contributed by atoms with Gasteiger partial charge in [0, 0.05) is 35.5 Å². The van der Waals surface area contributed by atoms with E-state index in [9.17, 15) is 0 Å². The van der Waals surface area contributed by atoms with Crippen molar-refractivity contribution in [3.8, 4) is 6.19 Å². The van der Waals surface area contributed by atoms with Crippen molar-refractivity contribution in [2.24, 2.45) is 4.99 Å². The Bertz CT molecular complexity index is 996. The first-order valence-electron chi connectivity index (χ1n) is 9.59. The van der Waals surface area contributed by atoms with E-state index in [1.807, 2.05) is 30.5 Å². The van der Waals surface area contributed by atoms with Crippen molar-refractivity contribution >= 4 is 29.2 Å². The molecule has 0 bridgehead atoms.